The number of rotatable bonds is 8. The van der Waals surface area contributed by atoms with E-state index in [1.54, 1.807) is 6.07 Å². The van der Waals surface area contributed by atoms with E-state index >= 15 is 0 Å². The molecule has 0 aliphatic heterocycles. The van der Waals surface area contributed by atoms with Gasteiger partial charge in [0, 0.05) is 11.8 Å². The van der Waals surface area contributed by atoms with Crippen LogP contribution in [0.1, 0.15) is 45.4 Å². The van der Waals surface area contributed by atoms with Crippen LogP contribution in [0.25, 0.3) is 10.9 Å². The third-order valence-corrected chi connectivity index (χ3v) is 3.75. The first-order chi connectivity index (χ1) is 11.1. The van der Waals surface area contributed by atoms with E-state index in [9.17, 15) is 15.0 Å². The summed E-state index contributed by atoms with van der Waals surface area (Å²) in [5.74, 6) is -0.508. The predicted molar refractivity (Wildman–Crippen MR) is 88.9 cm³/mol. The Morgan fingerprint density at radius 3 is 2.83 bits per heavy atom. The first kappa shape index (κ1) is 17.1. The van der Waals surface area contributed by atoms with Gasteiger partial charge in [0.05, 0.1) is 11.6 Å². The predicted octanol–water partition coefficient (Wildman–Crippen LogP) is 4.21. The fourth-order valence-electron chi connectivity index (χ4n) is 2.43. The van der Waals surface area contributed by atoms with Gasteiger partial charge < -0.3 is 15.2 Å². The van der Waals surface area contributed by atoms with Crippen molar-refractivity contribution in [1.82, 2.24) is 4.98 Å². The number of aromatic hydroxyl groups is 1. The number of carbonyl (C=O) groups excluding carboxylic acids is 1. The molecule has 2 rings (SSSR count). The summed E-state index contributed by atoms with van der Waals surface area (Å²) in [6, 6.07) is 7.26. The van der Waals surface area contributed by atoms with Crippen LogP contribution in [0.5, 0.6) is 5.88 Å². The highest BCUT2D eigenvalue weighted by atomic mass is 16.3. The lowest BCUT2D eigenvalue weighted by Gasteiger charge is -2.07. The van der Waals surface area contributed by atoms with E-state index in [1.807, 2.05) is 18.2 Å². The molecule has 1 atom stereocenters. The molecule has 0 radical (unpaired) electrons. The Labute approximate surface area is 135 Å². The summed E-state index contributed by atoms with van der Waals surface area (Å²) < 4.78 is 0. The van der Waals surface area contributed by atoms with E-state index in [1.165, 1.54) is 0 Å². The van der Waals surface area contributed by atoms with Gasteiger partial charge in [-0.05, 0) is 18.9 Å². The minimum absolute atomic E-state index is 0.109. The normalized spacial score (nSPS) is 13.0. The number of aliphatic hydroxyl groups excluding tert-OH is 1. The van der Waals surface area contributed by atoms with Crippen LogP contribution in [-0.4, -0.2) is 27.2 Å². The highest BCUT2D eigenvalue weighted by Gasteiger charge is 2.11. The maximum atomic E-state index is 11.8. The van der Waals surface area contributed by atoms with Crippen LogP contribution in [-0.2, 0) is 4.79 Å². The van der Waals surface area contributed by atoms with Crippen molar-refractivity contribution in [3.05, 3.63) is 24.3 Å². The fourth-order valence-corrected chi connectivity index (χ4v) is 2.43. The summed E-state index contributed by atoms with van der Waals surface area (Å²) in [5.41, 5.74) is 0.996. The second-order valence-electron chi connectivity index (χ2n) is 5.65. The van der Waals surface area contributed by atoms with Gasteiger partial charge in [-0.3, -0.25) is 4.79 Å². The van der Waals surface area contributed by atoms with Gasteiger partial charge in [-0.1, -0.05) is 44.4 Å². The summed E-state index contributed by atoms with van der Waals surface area (Å²) in [6.07, 6.45) is 3.94. The number of nitrogens with one attached hydrogen (secondary N) is 1. The molecule has 3 N–H and O–H groups in total. The lowest BCUT2D eigenvalue weighted by molar-refractivity contribution is -0.118. The number of hydrogen-bond donors (Lipinski definition) is 3. The highest BCUT2D eigenvalue weighted by Crippen LogP contribution is 2.35. The van der Waals surface area contributed by atoms with Gasteiger partial charge in [-0.2, -0.15) is 0 Å². The molecule has 0 fully saturated rings. The smallest absolute Gasteiger partial charge is 0.264 e. The van der Waals surface area contributed by atoms with E-state index in [4.69, 9.17) is 0 Å². The Morgan fingerprint density at radius 2 is 2.04 bits per heavy atom. The number of aromatic nitrogens is 1. The van der Waals surface area contributed by atoms with E-state index in [2.05, 4.69) is 22.1 Å². The van der Waals surface area contributed by atoms with Crippen molar-refractivity contribution in [2.24, 2.45) is 10.2 Å². The second kappa shape index (κ2) is 8.43. The maximum Gasteiger partial charge on any atom is 0.264 e. The lowest BCUT2D eigenvalue weighted by Crippen LogP contribution is -2.08. The van der Waals surface area contributed by atoms with Gasteiger partial charge in [0.25, 0.3) is 5.91 Å². The number of para-hydroxylation sites is 1. The monoisotopic (exact) mass is 317 g/mol. The largest absolute Gasteiger partial charge is 0.493 e. The molecule has 1 aromatic heterocycles. The van der Waals surface area contributed by atoms with E-state index < -0.39 is 12.0 Å². The number of nitrogens with zero attached hydrogens (tertiary/aromatic N) is 2. The first-order valence-corrected chi connectivity index (χ1v) is 8.04. The molecule has 0 saturated heterocycles. The number of unbranched alkanes of at least 4 members (excludes halogenated alkanes) is 2. The van der Waals surface area contributed by atoms with Crippen molar-refractivity contribution < 1.29 is 15.0 Å². The van der Waals surface area contributed by atoms with E-state index in [0.29, 0.717) is 18.2 Å². The molecule has 0 saturated carbocycles. The summed E-state index contributed by atoms with van der Waals surface area (Å²) in [4.78, 5) is 14.5. The van der Waals surface area contributed by atoms with Crippen LogP contribution >= 0.6 is 0 Å². The zero-order valence-corrected chi connectivity index (χ0v) is 13.3. The molecular formula is C17H23N3O3. The quantitative estimate of drug-likeness (QED) is 0.502. The molecule has 2 aromatic rings. The number of aromatic amines is 1. The molecule has 0 unspecified atom stereocenters. The van der Waals surface area contributed by atoms with Crippen LogP contribution < -0.4 is 0 Å². The third-order valence-electron chi connectivity index (χ3n) is 3.75. The molecule has 0 bridgehead atoms. The summed E-state index contributed by atoms with van der Waals surface area (Å²) in [5, 5.41) is 27.8. The Hall–Kier alpha value is -2.21. The molecular weight excluding hydrogens is 294 g/mol. The topological polar surface area (TPSA) is 98.0 Å². The average molecular weight is 317 g/mol. The minimum atomic E-state index is -0.470. The van der Waals surface area contributed by atoms with Crippen molar-refractivity contribution in [3.8, 4) is 5.88 Å². The molecule has 23 heavy (non-hydrogen) atoms. The maximum absolute atomic E-state index is 11.8. The van der Waals surface area contributed by atoms with Crippen LogP contribution in [0, 0.1) is 0 Å². The summed E-state index contributed by atoms with van der Waals surface area (Å²) >= 11 is 0. The highest BCUT2D eigenvalue weighted by molar-refractivity contribution is 5.94. The molecule has 0 aliphatic carbocycles. The zero-order valence-electron chi connectivity index (χ0n) is 13.3. The van der Waals surface area contributed by atoms with Gasteiger partial charge in [0.15, 0.2) is 5.69 Å². The van der Waals surface area contributed by atoms with Gasteiger partial charge in [-0.15, -0.1) is 10.2 Å². The van der Waals surface area contributed by atoms with Crippen LogP contribution in [0.2, 0.25) is 0 Å². The van der Waals surface area contributed by atoms with Crippen molar-refractivity contribution in [2.75, 3.05) is 0 Å². The third kappa shape index (κ3) is 4.89. The number of hydrogen-bond acceptors (Lipinski definition) is 4. The second-order valence-corrected chi connectivity index (χ2v) is 5.65. The van der Waals surface area contributed by atoms with Crippen LogP contribution in [0.4, 0.5) is 5.69 Å². The minimum Gasteiger partial charge on any atom is -0.493 e. The number of amides is 1. The number of aliphatic hydroxyl groups is 1. The number of fused-ring (bicyclic) bond motifs is 1. The standard InChI is InChI=1S/C17H23N3O3/c1-2-3-4-7-12(21)10-11-15(22)19-20-16-13-8-5-6-9-14(13)18-17(16)23/h5-6,8-9,12,18,21,23H,2-4,7,10-11H2,1H3/t12-/m0/s1. The fraction of sp³-hybridized carbons (Fsp3) is 0.471. The molecule has 6 nitrogen and oxygen atoms in total. The first-order valence-electron chi connectivity index (χ1n) is 8.04. The molecule has 124 valence electrons. The van der Waals surface area contributed by atoms with Gasteiger partial charge in [0.2, 0.25) is 5.88 Å². The number of carbonyl (C=O) groups is 1. The number of benzene rings is 1. The van der Waals surface area contributed by atoms with Gasteiger partial charge in [0.1, 0.15) is 0 Å². The van der Waals surface area contributed by atoms with E-state index in [-0.39, 0.29) is 18.0 Å². The average Bonchev–Trinajstić information content (AvgIpc) is 2.86. The molecule has 6 heteroatoms. The molecule has 1 aromatic carbocycles. The van der Waals surface area contributed by atoms with Crippen molar-refractivity contribution >= 4 is 22.5 Å². The molecule has 1 heterocycles. The van der Waals surface area contributed by atoms with E-state index in [0.717, 1.165) is 24.8 Å². The van der Waals surface area contributed by atoms with Crippen LogP contribution in [0.3, 0.4) is 0 Å². The van der Waals surface area contributed by atoms with Crippen molar-refractivity contribution in [1.29, 1.82) is 0 Å². The van der Waals surface area contributed by atoms with Gasteiger partial charge >= 0.3 is 0 Å². The molecule has 0 spiro atoms. The Kier molecular flexibility index (Phi) is 6.29. The Morgan fingerprint density at radius 1 is 1.26 bits per heavy atom. The Bertz CT molecular complexity index is 679. The van der Waals surface area contributed by atoms with Crippen molar-refractivity contribution in [2.45, 2.75) is 51.6 Å². The lowest BCUT2D eigenvalue weighted by atomic mass is 10.1. The summed E-state index contributed by atoms with van der Waals surface area (Å²) in [6.45, 7) is 2.11. The van der Waals surface area contributed by atoms with Gasteiger partial charge in [-0.25, -0.2) is 0 Å². The number of azo groups is 1. The molecule has 0 aliphatic rings. The number of H-pyrrole nitrogens is 1. The SMILES string of the molecule is CCCCC[C@H](O)CCC(=O)N=Nc1c(O)[nH]c2ccccc12. The molecule has 1 amide bonds. The Balaban J connectivity index is 1.89. The van der Waals surface area contributed by atoms with Crippen molar-refractivity contribution in [3.63, 3.8) is 0 Å². The van der Waals surface area contributed by atoms with Crippen LogP contribution in [0.15, 0.2) is 34.5 Å². The summed E-state index contributed by atoms with van der Waals surface area (Å²) in [7, 11) is 0. The zero-order chi connectivity index (χ0) is 16.7.